The highest BCUT2D eigenvalue weighted by Crippen LogP contribution is 2.19. The maximum Gasteiger partial charge on any atom is 0.246 e. The maximum atomic E-state index is 13.1. The fourth-order valence-corrected chi connectivity index (χ4v) is 2.99. The fourth-order valence-electron chi connectivity index (χ4n) is 2.99. The van der Waals surface area contributed by atoms with E-state index in [9.17, 15) is 9.18 Å². The van der Waals surface area contributed by atoms with Crippen LogP contribution >= 0.6 is 0 Å². The minimum Gasteiger partial charge on any atom is -0.379 e. The lowest BCUT2D eigenvalue weighted by Crippen LogP contribution is -2.41. The molecule has 3 rings (SSSR count). The van der Waals surface area contributed by atoms with Gasteiger partial charge in [0.15, 0.2) is 0 Å². The summed E-state index contributed by atoms with van der Waals surface area (Å²) in [6.07, 6.45) is 6.29. The van der Waals surface area contributed by atoms with Gasteiger partial charge in [-0.25, -0.2) is 4.39 Å². The number of amides is 1. The molecule has 2 aliphatic heterocycles. The summed E-state index contributed by atoms with van der Waals surface area (Å²) in [5.74, 6) is -0.328. The van der Waals surface area contributed by atoms with Crippen LogP contribution in [0.3, 0.4) is 0 Å². The Bertz CT molecular complexity index is 561. The Hall–Kier alpha value is -1.72. The number of piperidine rings is 1. The number of likely N-dealkylation sites (tertiary alicyclic amines) is 1. The molecule has 5 heteroatoms. The molecule has 2 saturated heterocycles. The van der Waals surface area contributed by atoms with Crippen LogP contribution in [0.4, 0.5) is 4.39 Å². The standard InChI is InChI=1S/C18H22FNO3/c19-15-3-1-2-14(12-15)4-5-18(21)20-9-6-16(7-10-20)23-17-8-11-22-13-17/h1-5,12,16-17H,6-11,13H2/b5-4-/t17-/m1/s1. The predicted octanol–water partition coefficient (Wildman–Crippen LogP) is 2.64. The first-order valence-electron chi connectivity index (χ1n) is 8.16. The van der Waals surface area contributed by atoms with E-state index in [1.54, 1.807) is 18.2 Å². The van der Waals surface area contributed by atoms with Gasteiger partial charge in [-0.15, -0.1) is 0 Å². The largest absolute Gasteiger partial charge is 0.379 e. The minimum absolute atomic E-state index is 0.0306. The zero-order valence-corrected chi connectivity index (χ0v) is 13.1. The third-order valence-electron chi connectivity index (χ3n) is 4.29. The van der Waals surface area contributed by atoms with E-state index in [0.29, 0.717) is 25.3 Å². The van der Waals surface area contributed by atoms with Crippen LogP contribution in [0, 0.1) is 5.82 Å². The minimum atomic E-state index is -0.298. The van der Waals surface area contributed by atoms with Gasteiger partial charge in [0.25, 0.3) is 0 Å². The molecule has 0 N–H and O–H groups in total. The SMILES string of the molecule is O=C(/C=C\c1cccc(F)c1)N1CCC(O[C@@H]2CCOC2)CC1. The second kappa shape index (κ2) is 7.70. The first-order valence-corrected chi connectivity index (χ1v) is 8.16. The van der Waals surface area contributed by atoms with Gasteiger partial charge in [-0.2, -0.15) is 0 Å². The molecule has 1 amide bonds. The lowest BCUT2D eigenvalue weighted by molar-refractivity contribution is -0.129. The first kappa shape index (κ1) is 16.1. The summed E-state index contributed by atoms with van der Waals surface area (Å²) < 4.78 is 24.4. The molecule has 1 aromatic carbocycles. The van der Waals surface area contributed by atoms with Crippen LogP contribution in [0.15, 0.2) is 30.3 Å². The van der Waals surface area contributed by atoms with Gasteiger partial charge in [0, 0.05) is 25.8 Å². The first-order chi connectivity index (χ1) is 11.2. The van der Waals surface area contributed by atoms with Crippen molar-refractivity contribution in [1.82, 2.24) is 4.90 Å². The summed E-state index contributed by atoms with van der Waals surface area (Å²) in [5, 5.41) is 0. The van der Waals surface area contributed by atoms with Crippen LogP contribution in [0.1, 0.15) is 24.8 Å². The van der Waals surface area contributed by atoms with Crippen molar-refractivity contribution < 1.29 is 18.7 Å². The number of carbonyl (C=O) groups is 1. The number of nitrogens with zero attached hydrogens (tertiary/aromatic N) is 1. The van der Waals surface area contributed by atoms with E-state index >= 15 is 0 Å². The summed E-state index contributed by atoms with van der Waals surface area (Å²) in [6, 6.07) is 6.21. The molecule has 0 aliphatic carbocycles. The number of carbonyl (C=O) groups excluding carboxylic acids is 1. The van der Waals surface area contributed by atoms with Crippen molar-refractivity contribution in [1.29, 1.82) is 0 Å². The molecule has 4 nitrogen and oxygen atoms in total. The van der Waals surface area contributed by atoms with E-state index in [1.165, 1.54) is 18.2 Å². The molecule has 0 saturated carbocycles. The molecular weight excluding hydrogens is 297 g/mol. The number of halogens is 1. The molecule has 0 spiro atoms. The number of ether oxygens (including phenoxy) is 2. The predicted molar refractivity (Wildman–Crippen MR) is 85.3 cm³/mol. The van der Waals surface area contributed by atoms with Gasteiger partial charge in [-0.05, 0) is 43.0 Å². The molecule has 2 heterocycles. The van der Waals surface area contributed by atoms with Crippen molar-refractivity contribution in [2.75, 3.05) is 26.3 Å². The molecule has 2 fully saturated rings. The highest BCUT2D eigenvalue weighted by atomic mass is 19.1. The molecule has 1 atom stereocenters. The van der Waals surface area contributed by atoms with Crippen molar-refractivity contribution >= 4 is 12.0 Å². The zero-order chi connectivity index (χ0) is 16.1. The molecule has 0 bridgehead atoms. The van der Waals surface area contributed by atoms with Crippen molar-refractivity contribution in [3.8, 4) is 0 Å². The van der Waals surface area contributed by atoms with Crippen LogP contribution in [0.25, 0.3) is 6.08 Å². The Morgan fingerprint density at radius 1 is 1.26 bits per heavy atom. The highest BCUT2D eigenvalue weighted by molar-refractivity contribution is 5.91. The Balaban J connectivity index is 1.46. The highest BCUT2D eigenvalue weighted by Gasteiger charge is 2.26. The lowest BCUT2D eigenvalue weighted by atomic mass is 10.1. The van der Waals surface area contributed by atoms with Gasteiger partial charge < -0.3 is 14.4 Å². The Kier molecular flexibility index (Phi) is 5.41. The van der Waals surface area contributed by atoms with Gasteiger partial charge in [0.1, 0.15) is 5.82 Å². The number of rotatable bonds is 4. The number of hydrogen-bond acceptors (Lipinski definition) is 3. The third kappa shape index (κ3) is 4.62. The Morgan fingerprint density at radius 3 is 2.78 bits per heavy atom. The van der Waals surface area contributed by atoms with Gasteiger partial charge >= 0.3 is 0 Å². The molecular formula is C18H22FNO3. The molecule has 124 valence electrons. The van der Waals surface area contributed by atoms with E-state index < -0.39 is 0 Å². The summed E-state index contributed by atoms with van der Waals surface area (Å²) in [5.41, 5.74) is 0.692. The van der Waals surface area contributed by atoms with Gasteiger partial charge in [-0.1, -0.05) is 12.1 Å². The van der Waals surface area contributed by atoms with Crippen molar-refractivity contribution in [2.45, 2.75) is 31.5 Å². The zero-order valence-electron chi connectivity index (χ0n) is 13.1. The van der Waals surface area contributed by atoms with Crippen LogP contribution in [0.5, 0.6) is 0 Å². The van der Waals surface area contributed by atoms with Gasteiger partial charge in [0.2, 0.25) is 5.91 Å². The van der Waals surface area contributed by atoms with Crippen LogP contribution < -0.4 is 0 Å². The van der Waals surface area contributed by atoms with Crippen LogP contribution in [-0.4, -0.2) is 49.3 Å². The Labute approximate surface area is 135 Å². The van der Waals surface area contributed by atoms with Gasteiger partial charge in [0.05, 0.1) is 18.8 Å². The van der Waals surface area contributed by atoms with E-state index in [-0.39, 0.29) is 23.9 Å². The summed E-state index contributed by atoms with van der Waals surface area (Å²) >= 11 is 0. The lowest BCUT2D eigenvalue weighted by Gasteiger charge is -2.32. The molecule has 0 radical (unpaired) electrons. The van der Waals surface area contributed by atoms with E-state index in [2.05, 4.69) is 0 Å². The summed E-state index contributed by atoms with van der Waals surface area (Å²) in [4.78, 5) is 14.0. The smallest absolute Gasteiger partial charge is 0.246 e. The molecule has 0 aromatic heterocycles. The number of benzene rings is 1. The molecule has 2 aliphatic rings. The average molecular weight is 319 g/mol. The van der Waals surface area contributed by atoms with Crippen molar-refractivity contribution in [3.05, 3.63) is 41.7 Å². The molecule has 0 unspecified atom stereocenters. The normalized spacial score (nSPS) is 22.8. The second-order valence-electron chi connectivity index (χ2n) is 6.03. The third-order valence-corrected chi connectivity index (χ3v) is 4.29. The topological polar surface area (TPSA) is 38.8 Å². The van der Waals surface area contributed by atoms with E-state index in [0.717, 1.165) is 25.9 Å². The monoisotopic (exact) mass is 319 g/mol. The molecule has 1 aromatic rings. The van der Waals surface area contributed by atoms with Gasteiger partial charge in [-0.3, -0.25) is 4.79 Å². The maximum absolute atomic E-state index is 13.1. The van der Waals surface area contributed by atoms with E-state index in [4.69, 9.17) is 9.47 Å². The second-order valence-corrected chi connectivity index (χ2v) is 6.03. The van der Waals surface area contributed by atoms with Crippen LogP contribution in [0.2, 0.25) is 0 Å². The van der Waals surface area contributed by atoms with Crippen molar-refractivity contribution in [2.24, 2.45) is 0 Å². The number of hydrogen-bond donors (Lipinski definition) is 0. The van der Waals surface area contributed by atoms with E-state index in [1.807, 2.05) is 4.90 Å². The summed E-state index contributed by atoms with van der Waals surface area (Å²) in [7, 11) is 0. The Morgan fingerprint density at radius 2 is 2.09 bits per heavy atom. The van der Waals surface area contributed by atoms with Crippen molar-refractivity contribution in [3.63, 3.8) is 0 Å². The quantitative estimate of drug-likeness (QED) is 0.801. The summed E-state index contributed by atoms with van der Waals surface area (Å²) in [6.45, 7) is 2.87. The fraction of sp³-hybridized carbons (Fsp3) is 0.500. The van der Waals surface area contributed by atoms with Crippen LogP contribution in [-0.2, 0) is 14.3 Å². The average Bonchev–Trinajstić information content (AvgIpc) is 3.06. The molecule has 23 heavy (non-hydrogen) atoms.